The van der Waals surface area contributed by atoms with Crippen molar-refractivity contribution in [2.24, 2.45) is 0 Å². The van der Waals surface area contributed by atoms with E-state index in [1.165, 1.54) is 70.9 Å². The van der Waals surface area contributed by atoms with Gasteiger partial charge in [-0.15, -0.1) is 0 Å². The topological polar surface area (TPSA) is 17.4 Å². The first-order valence-electron chi connectivity index (χ1n) is 21.6. The summed E-state index contributed by atoms with van der Waals surface area (Å²) in [6.45, 7) is 0. The number of fused-ring (bicyclic) bond motifs is 9. The van der Waals surface area contributed by atoms with Crippen molar-refractivity contribution in [3.05, 3.63) is 231 Å². The van der Waals surface area contributed by atoms with Gasteiger partial charge in [-0.25, -0.2) is 0 Å². The van der Waals surface area contributed by atoms with Crippen LogP contribution in [-0.2, 0) is 0 Å². The first-order valence-corrected chi connectivity index (χ1v) is 21.6. The molecule has 3 heteroatoms. The van der Waals surface area contributed by atoms with Crippen molar-refractivity contribution >= 4 is 71.2 Å². The van der Waals surface area contributed by atoms with Gasteiger partial charge in [0.05, 0.1) is 16.7 Å². The van der Waals surface area contributed by atoms with Gasteiger partial charge in [-0.3, -0.25) is 0 Å². The molecule has 0 saturated carbocycles. The molecule has 0 aliphatic carbocycles. The molecule has 0 unspecified atom stereocenters. The van der Waals surface area contributed by atoms with Gasteiger partial charge < -0.3 is 14.2 Å². The molecule has 12 aromatic rings. The molecule has 0 N–H and O–H groups in total. The first kappa shape index (κ1) is 35.4. The van der Waals surface area contributed by atoms with Gasteiger partial charge in [-0.2, -0.15) is 0 Å². The van der Waals surface area contributed by atoms with Crippen molar-refractivity contribution < 1.29 is 4.74 Å². The molecule has 1 aromatic heterocycles. The Bertz CT molecular complexity index is 3780. The SMILES string of the molecule is c1cc(-c2ccc3c(c2)c2cccc4c2n3-c2ccccc2O4)cc(N(c2ccc(-c3cccc4c3ccc3ccccc34)cc2)c2cccc(-c3cccc4ccccc34)c2)c1. The smallest absolute Gasteiger partial charge is 0.152 e. The molecular formula is C60H38N2O. The van der Waals surface area contributed by atoms with E-state index in [-0.39, 0.29) is 0 Å². The summed E-state index contributed by atoms with van der Waals surface area (Å²) in [6, 6.07) is 83.6. The molecule has 0 saturated heterocycles. The van der Waals surface area contributed by atoms with Gasteiger partial charge in [-0.1, -0.05) is 164 Å². The Morgan fingerprint density at radius 2 is 0.905 bits per heavy atom. The van der Waals surface area contributed by atoms with Crippen molar-refractivity contribution in [2.45, 2.75) is 0 Å². The van der Waals surface area contributed by atoms with Crippen molar-refractivity contribution in [1.29, 1.82) is 0 Å². The van der Waals surface area contributed by atoms with Gasteiger partial charge in [0.25, 0.3) is 0 Å². The number of hydrogen-bond donors (Lipinski definition) is 0. The highest BCUT2D eigenvalue weighted by atomic mass is 16.5. The van der Waals surface area contributed by atoms with Crippen LogP contribution >= 0.6 is 0 Å². The third-order valence-electron chi connectivity index (χ3n) is 12.9. The maximum Gasteiger partial charge on any atom is 0.152 e. The summed E-state index contributed by atoms with van der Waals surface area (Å²) in [5.74, 6) is 1.75. The molecule has 0 amide bonds. The minimum Gasteiger partial charge on any atom is -0.453 e. The van der Waals surface area contributed by atoms with Crippen LogP contribution in [0.2, 0.25) is 0 Å². The molecule has 0 atom stereocenters. The summed E-state index contributed by atoms with van der Waals surface area (Å²) >= 11 is 0. The zero-order valence-electron chi connectivity index (χ0n) is 34.2. The average Bonchev–Trinajstić information content (AvgIpc) is 3.69. The van der Waals surface area contributed by atoms with Crippen molar-refractivity contribution in [3.63, 3.8) is 0 Å². The third-order valence-corrected chi connectivity index (χ3v) is 12.9. The van der Waals surface area contributed by atoms with E-state index in [1.54, 1.807) is 0 Å². The Morgan fingerprint density at radius 1 is 0.317 bits per heavy atom. The number of rotatable bonds is 6. The van der Waals surface area contributed by atoms with Crippen LogP contribution in [0.5, 0.6) is 11.5 Å². The van der Waals surface area contributed by atoms with Crippen molar-refractivity contribution in [2.75, 3.05) is 4.90 Å². The first-order chi connectivity index (χ1) is 31.2. The van der Waals surface area contributed by atoms with Gasteiger partial charge in [0.2, 0.25) is 0 Å². The van der Waals surface area contributed by atoms with Gasteiger partial charge in [-0.05, 0) is 132 Å². The summed E-state index contributed by atoms with van der Waals surface area (Å²) in [5.41, 5.74) is 13.7. The minimum absolute atomic E-state index is 0.871. The fraction of sp³-hybridized carbons (Fsp3) is 0. The highest BCUT2D eigenvalue weighted by Crippen LogP contribution is 2.47. The van der Waals surface area contributed by atoms with Crippen LogP contribution in [-0.4, -0.2) is 4.57 Å². The largest absolute Gasteiger partial charge is 0.453 e. The van der Waals surface area contributed by atoms with Gasteiger partial charge in [0, 0.05) is 27.8 Å². The summed E-state index contributed by atoms with van der Waals surface area (Å²) < 4.78 is 8.77. The molecule has 0 spiro atoms. The minimum atomic E-state index is 0.871. The number of aromatic nitrogens is 1. The van der Waals surface area contributed by atoms with Crippen LogP contribution in [0.3, 0.4) is 0 Å². The second-order valence-corrected chi connectivity index (χ2v) is 16.5. The molecular weight excluding hydrogens is 765 g/mol. The number of nitrogens with zero attached hydrogens (tertiary/aromatic N) is 2. The molecule has 11 aromatic carbocycles. The fourth-order valence-corrected chi connectivity index (χ4v) is 10.0. The molecule has 0 radical (unpaired) electrons. The number of ether oxygens (including phenoxy) is 1. The van der Waals surface area contributed by atoms with E-state index in [9.17, 15) is 0 Å². The van der Waals surface area contributed by atoms with E-state index in [0.29, 0.717) is 0 Å². The second kappa shape index (κ2) is 14.1. The van der Waals surface area contributed by atoms with E-state index < -0.39 is 0 Å². The molecule has 13 rings (SSSR count). The van der Waals surface area contributed by atoms with Crippen LogP contribution in [0.4, 0.5) is 17.1 Å². The predicted molar refractivity (Wildman–Crippen MR) is 264 cm³/mol. The number of anilines is 3. The second-order valence-electron chi connectivity index (χ2n) is 16.5. The van der Waals surface area contributed by atoms with Gasteiger partial charge >= 0.3 is 0 Å². The zero-order valence-corrected chi connectivity index (χ0v) is 34.2. The molecule has 63 heavy (non-hydrogen) atoms. The summed E-state index contributed by atoms with van der Waals surface area (Å²) in [7, 11) is 0. The number of para-hydroxylation sites is 3. The molecule has 3 nitrogen and oxygen atoms in total. The predicted octanol–water partition coefficient (Wildman–Crippen LogP) is 16.8. The highest BCUT2D eigenvalue weighted by Gasteiger charge is 2.24. The van der Waals surface area contributed by atoms with Crippen molar-refractivity contribution in [1.82, 2.24) is 4.57 Å². The van der Waals surface area contributed by atoms with Crippen molar-refractivity contribution in [3.8, 4) is 50.6 Å². The quantitative estimate of drug-likeness (QED) is 0.156. The Labute approximate surface area is 364 Å². The van der Waals surface area contributed by atoms with E-state index in [0.717, 1.165) is 50.9 Å². The van der Waals surface area contributed by atoms with Crippen LogP contribution in [0.15, 0.2) is 231 Å². The van der Waals surface area contributed by atoms with E-state index in [4.69, 9.17) is 4.74 Å². The molecule has 2 heterocycles. The Hall–Kier alpha value is -8.40. The summed E-state index contributed by atoms with van der Waals surface area (Å²) in [6.07, 6.45) is 0. The van der Waals surface area contributed by atoms with Crippen LogP contribution in [0.25, 0.3) is 93.2 Å². The molecule has 1 aliphatic heterocycles. The van der Waals surface area contributed by atoms with Crippen LogP contribution in [0, 0.1) is 0 Å². The zero-order chi connectivity index (χ0) is 41.4. The van der Waals surface area contributed by atoms with Gasteiger partial charge in [0.1, 0.15) is 0 Å². The Morgan fingerprint density at radius 3 is 1.76 bits per heavy atom. The fourth-order valence-electron chi connectivity index (χ4n) is 10.0. The lowest BCUT2D eigenvalue weighted by Gasteiger charge is -2.27. The maximum absolute atomic E-state index is 6.42. The normalized spacial score (nSPS) is 11.9. The molecule has 0 bridgehead atoms. The standard InChI is InChI=1S/C60H38N2O/c1-3-19-48-39(12-1)14-9-21-51(48)44-16-8-18-47(37-44)61(45-32-28-41(29-33-45)50-22-10-23-52-49-20-4-2-13-40(49)30-34-53(50)52)46-17-7-15-42(36-46)43-31-35-56-55(38-43)54-24-11-27-59-60(54)62(56)57-25-5-6-26-58(57)63-59/h1-38H. The lowest BCUT2D eigenvalue weighted by molar-refractivity contribution is 0.476. The summed E-state index contributed by atoms with van der Waals surface area (Å²) in [5, 5.41) is 9.92. The summed E-state index contributed by atoms with van der Waals surface area (Å²) in [4.78, 5) is 2.39. The number of hydrogen-bond acceptors (Lipinski definition) is 2. The Kier molecular flexibility index (Phi) is 7.91. The molecule has 294 valence electrons. The monoisotopic (exact) mass is 802 g/mol. The molecule has 1 aliphatic rings. The van der Waals surface area contributed by atoms with Gasteiger partial charge in [0.15, 0.2) is 11.5 Å². The average molecular weight is 803 g/mol. The van der Waals surface area contributed by atoms with Crippen LogP contribution in [0.1, 0.15) is 0 Å². The maximum atomic E-state index is 6.42. The third kappa shape index (κ3) is 5.67. The van der Waals surface area contributed by atoms with E-state index in [1.807, 2.05) is 12.1 Å². The Balaban J connectivity index is 0.953. The molecule has 0 fully saturated rings. The van der Waals surface area contributed by atoms with E-state index in [2.05, 4.69) is 228 Å². The lowest BCUT2D eigenvalue weighted by Crippen LogP contribution is -2.10. The lowest BCUT2D eigenvalue weighted by atomic mass is 9.94. The van der Waals surface area contributed by atoms with Crippen LogP contribution < -0.4 is 9.64 Å². The highest BCUT2D eigenvalue weighted by molar-refractivity contribution is 6.14. The van der Waals surface area contributed by atoms with E-state index >= 15 is 0 Å². The number of benzene rings is 11.